The van der Waals surface area contributed by atoms with E-state index in [0.717, 1.165) is 22.2 Å². The van der Waals surface area contributed by atoms with E-state index in [1.54, 1.807) is 18.2 Å². The number of ether oxygens (including phenoxy) is 2. The minimum atomic E-state index is -0.391. The summed E-state index contributed by atoms with van der Waals surface area (Å²) in [7, 11) is 0. The first-order chi connectivity index (χ1) is 14.4. The van der Waals surface area contributed by atoms with E-state index in [-0.39, 0.29) is 45.7 Å². The van der Waals surface area contributed by atoms with Crippen LogP contribution in [0.3, 0.4) is 0 Å². The third-order valence-electron chi connectivity index (χ3n) is 4.10. The molecular weight excluding hydrogens is 445 g/mol. The predicted octanol–water partition coefficient (Wildman–Crippen LogP) is 5.43. The molecule has 0 aromatic heterocycles. The zero-order valence-electron chi connectivity index (χ0n) is 16.0. The number of carbonyl (C=O) groups is 2. The van der Waals surface area contributed by atoms with E-state index in [1.165, 1.54) is 0 Å². The van der Waals surface area contributed by atoms with E-state index in [2.05, 4.69) is 5.92 Å². The molecule has 0 N–H and O–H groups in total. The van der Waals surface area contributed by atoms with Gasteiger partial charge in [0.25, 0.3) is 11.1 Å². The summed E-state index contributed by atoms with van der Waals surface area (Å²) >= 11 is 13.2. The molecule has 1 heterocycles. The van der Waals surface area contributed by atoms with Gasteiger partial charge in [-0.3, -0.25) is 14.5 Å². The van der Waals surface area contributed by atoms with Gasteiger partial charge in [0, 0.05) is 0 Å². The van der Waals surface area contributed by atoms with Crippen LogP contribution in [-0.4, -0.2) is 35.8 Å². The minimum Gasteiger partial charge on any atom is -0.492 e. The van der Waals surface area contributed by atoms with Crippen LogP contribution in [0.2, 0.25) is 10.0 Å². The van der Waals surface area contributed by atoms with Crippen LogP contribution in [0.1, 0.15) is 11.1 Å². The minimum absolute atomic E-state index is 0.0301. The van der Waals surface area contributed by atoms with Gasteiger partial charge in [-0.05, 0) is 54.6 Å². The van der Waals surface area contributed by atoms with Crippen molar-refractivity contribution < 1.29 is 19.1 Å². The van der Waals surface area contributed by atoms with Crippen LogP contribution in [0.4, 0.5) is 4.79 Å². The number of benzene rings is 2. The number of aryl methyl sites for hydroxylation is 1. The van der Waals surface area contributed by atoms with Crippen LogP contribution in [-0.2, 0) is 4.79 Å². The molecule has 1 fully saturated rings. The van der Waals surface area contributed by atoms with Gasteiger partial charge in [-0.25, -0.2) is 0 Å². The SMILES string of the molecule is C#CCOc1c(Cl)cc(/C=C2\SC(=O)N(CCOc3ccc(C)cc3)C2=O)cc1Cl. The second kappa shape index (κ2) is 9.94. The lowest BCUT2D eigenvalue weighted by Gasteiger charge is -2.13. The van der Waals surface area contributed by atoms with Crippen molar-refractivity contribution in [2.45, 2.75) is 6.92 Å². The fraction of sp³-hybridized carbons (Fsp3) is 0.182. The Kier molecular flexibility index (Phi) is 7.33. The summed E-state index contributed by atoms with van der Waals surface area (Å²) in [4.78, 5) is 26.3. The zero-order valence-corrected chi connectivity index (χ0v) is 18.3. The Hall–Kier alpha value is -2.59. The first-order valence-electron chi connectivity index (χ1n) is 8.89. The summed E-state index contributed by atoms with van der Waals surface area (Å²) in [5, 5.41) is 0.161. The molecule has 0 radical (unpaired) electrons. The Morgan fingerprint density at radius 2 is 1.80 bits per heavy atom. The van der Waals surface area contributed by atoms with Crippen molar-refractivity contribution in [1.82, 2.24) is 4.90 Å². The van der Waals surface area contributed by atoms with E-state index in [9.17, 15) is 9.59 Å². The molecule has 1 saturated heterocycles. The number of rotatable bonds is 7. The van der Waals surface area contributed by atoms with Crippen LogP contribution < -0.4 is 9.47 Å². The molecule has 0 spiro atoms. The van der Waals surface area contributed by atoms with Crippen LogP contribution in [0.5, 0.6) is 11.5 Å². The summed E-state index contributed by atoms with van der Waals surface area (Å²) in [6.07, 6.45) is 6.74. The van der Waals surface area contributed by atoms with Gasteiger partial charge >= 0.3 is 0 Å². The maximum absolute atomic E-state index is 12.6. The summed E-state index contributed by atoms with van der Waals surface area (Å²) < 4.78 is 10.9. The third kappa shape index (κ3) is 5.31. The fourth-order valence-corrected chi connectivity index (χ4v) is 4.13. The lowest BCUT2D eigenvalue weighted by Crippen LogP contribution is -2.32. The summed E-state index contributed by atoms with van der Waals surface area (Å²) in [5.41, 5.74) is 1.69. The Morgan fingerprint density at radius 1 is 1.13 bits per heavy atom. The molecule has 3 rings (SSSR count). The van der Waals surface area contributed by atoms with Crippen molar-refractivity contribution in [2.24, 2.45) is 0 Å². The molecule has 0 aliphatic carbocycles. The van der Waals surface area contributed by atoms with Crippen LogP contribution in [0.15, 0.2) is 41.3 Å². The topological polar surface area (TPSA) is 55.8 Å². The molecule has 1 aliphatic rings. The Bertz CT molecular complexity index is 1020. The van der Waals surface area contributed by atoms with Crippen molar-refractivity contribution in [3.63, 3.8) is 0 Å². The highest BCUT2D eigenvalue weighted by molar-refractivity contribution is 8.18. The molecule has 2 aromatic carbocycles. The van der Waals surface area contributed by atoms with Gasteiger partial charge in [0.1, 0.15) is 19.0 Å². The summed E-state index contributed by atoms with van der Waals surface area (Å²) in [5.74, 6) is 2.90. The molecule has 8 heteroatoms. The molecule has 5 nitrogen and oxygen atoms in total. The number of hydrogen-bond donors (Lipinski definition) is 0. The Labute approximate surface area is 188 Å². The van der Waals surface area contributed by atoms with Gasteiger partial charge in [-0.15, -0.1) is 6.42 Å². The number of halogens is 2. The normalized spacial score (nSPS) is 14.9. The van der Waals surface area contributed by atoms with Gasteiger partial charge in [0.2, 0.25) is 0 Å². The molecule has 0 bridgehead atoms. The lowest BCUT2D eigenvalue weighted by molar-refractivity contribution is -0.123. The smallest absolute Gasteiger partial charge is 0.293 e. The first kappa shape index (κ1) is 22.1. The van der Waals surface area contributed by atoms with Crippen LogP contribution >= 0.6 is 35.0 Å². The molecule has 2 aromatic rings. The molecule has 154 valence electrons. The van der Waals surface area contributed by atoms with Gasteiger partial charge < -0.3 is 9.47 Å². The molecular formula is C22H17Cl2NO4S. The highest BCUT2D eigenvalue weighted by Gasteiger charge is 2.34. The quantitative estimate of drug-likeness (QED) is 0.406. The average molecular weight is 462 g/mol. The van der Waals surface area contributed by atoms with E-state index in [4.69, 9.17) is 39.1 Å². The maximum atomic E-state index is 12.6. The van der Waals surface area contributed by atoms with Gasteiger partial charge in [0.05, 0.1) is 21.5 Å². The first-order valence-corrected chi connectivity index (χ1v) is 10.5. The zero-order chi connectivity index (χ0) is 21.7. The van der Waals surface area contributed by atoms with Crippen molar-refractivity contribution in [1.29, 1.82) is 0 Å². The van der Waals surface area contributed by atoms with E-state index < -0.39 is 5.91 Å². The second-order valence-electron chi connectivity index (χ2n) is 6.30. The average Bonchev–Trinajstić information content (AvgIpc) is 2.96. The molecule has 2 amide bonds. The predicted molar refractivity (Wildman–Crippen MR) is 120 cm³/mol. The monoisotopic (exact) mass is 461 g/mol. The number of hydrogen-bond acceptors (Lipinski definition) is 5. The van der Waals surface area contributed by atoms with Crippen molar-refractivity contribution >= 4 is 52.2 Å². The summed E-state index contributed by atoms with van der Waals surface area (Å²) in [6.45, 7) is 2.36. The number of carbonyl (C=O) groups excluding carboxylic acids is 2. The van der Waals surface area contributed by atoms with Crippen molar-refractivity contribution in [3.05, 3.63) is 62.5 Å². The van der Waals surface area contributed by atoms with Gasteiger partial charge in [0.15, 0.2) is 5.75 Å². The fourth-order valence-electron chi connectivity index (χ4n) is 2.65. The Morgan fingerprint density at radius 3 is 2.43 bits per heavy atom. The molecule has 0 unspecified atom stereocenters. The van der Waals surface area contributed by atoms with Gasteiger partial charge in [-0.2, -0.15) is 0 Å². The van der Waals surface area contributed by atoms with Crippen LogP contribution in [0.25, 0.3) is 6.08 Å². The Balaban J connectivity index is 1.67. The van der Waals surface area contributed by atoms with E-state index >= 15 is 0 Å². The molecule has 30 heavy (non-hydrogen) atoms. The van der Waals surface area contributed by atoms with Crippen molar-refractivity contribution in [3.8, 4) is 23.8 Å². The van der Waals surface area contributed by atoms with Crippen LogP contribution in [0, 0.1) is 19.3 Å². The third-order valence-corrected chi connectivity index (χ3v) is 5.57. The number of terminal acetylenes is 1. The number of nitrogens with zero attached hydrogens (tertiary/aromatic N) is 1. The van der Waals surface area contributed by atoms with E-state index in [1.807, 2.05) is 31.2 Å². The van der Waals surface area contributed by atoms with Gasteiger partial charge in [-0.1, -0.05) is 46.8 Å². The molecule has 1 aliphatic heterocycles. The standard InChI is InChI=1S/C22H17Cl2NO4S/c1-3-9-29-20-17(23)11-15(12-18(20)24)13-19-21(26)25(22(27)30-19)8-10-28-16-6-4-14(2)5-7-16/h1,4-7,11-13H,8-10H2,2H3/b19-13-. The molecule has 0 atom stereocenters. The highest BCUT2D eigenvalue weighted by Crippen LogP contribution is 2.37. The second-order valence-corrected chi connectivity index (χ2v) is 8.11. The highest BCUT2D eigenvalue weighted by atomic mass is 35.5. The van der Waals surface area contributed by atoms with Crippen molar-refractivity contribution in [2.75, 3.05) is 19.8 Å². The number of thioether (sulfide) groups is 1. The summed E-state index contributed by atoms with van der Waals surface area (Å²) in [6, 6.07) is 10.7. The largest absolute Gasteiger partial charge is 0.492 e. The number of amides is 2. The lowest BCUT2D eigenvalue weighted by atomic mass is 10.2. The maximum Gasteiger partial charge on any atom is 0.293 e. The number of imide groups is 1. The molecule has 0 saturated carbocycles. The van der Waals surface area contributed by atoms with E-state index in [0.29, 0.717) is 11.3 Å².